The fraction of sp³-hybridized carbons (Fsp3) is 0.529. The van der Waals surface area contributed by atoms with E-state index in [4.69, 9.17) is 21.1 Å². The van der Waals surface area contributed by atoms with Gasteiger partial charge in [0.25, 0.3) is 5.91 Å². The highest BCUT2D eigenvalue weighted by Gasteiger charge is 2.30. The van der Waals surface area contributed by atoms with E-state index in [0.29, 0.717) is 36.7 Å². The Kier molecular flexibility index (Phi) is 5.88. The molecule has 1 fully saturated rings. The molecule has 2 rings (SSSR count). The zero-order valence-corrected chi connectivity index (χ0v) is 14.4. The van der Waals surface area contributed by atoms with Gasteiger partial charge in [0.2, 0.25) is 0 Å². The van der Waals surface area contributed by atoms with Gasteiger partial charge in [-0.25, -0.2) is 0 Å². The number of carbonyl (C=O) groups excluding carboxylic acids is 2. The summed E-state index contributed by atoms with van der Waals surface area (Å²) in [5.74, 6) is 0.277. The number of rotatable bonds is 4. The largest absolute Gasteiger partial charge is 0.481 e. The smallest absolute Gasteiger partial charge is 0.308 e. The first-order chi connectivity index (χ1) is 10.9. The number of hydrogen-bond donors (Lipinski definition) is 0. The third-order valence-electron chi connectivity index (χ3n) is 4.13. The lowest BCUT2D eigenvalue weighted by Gasteiger charge is -2.32. The van der Waals surface area contributed by atoms with Gasteiger partial charge in [-0.3, -0.25) is 9.59 Å². The summed E-state index contributed by atoms with van der Waals surface area (Å²) in [4.78, 5) is 25.8. The summed E-state index contributed by atoms with van der Waals surface area (Å²) >= 11 is 5.92. The number of amides is 1. The summed E-state index contributed by atoms with van der Waals surface area (Å²) in [7, 11) is 1.39. The van der Waals surface area contributed by atoms with Crippen LogP contribution in [-0.4, -0.2) is 43.1 Å². The van der Waals surface area contributed by atoms with E-state index >= 15 is 0 Å². The summed E-state index contributed by atoms with van der Waals surface area (Å²) in [6, 6.07) is 5.31. The van der Waals surface area contributed by atoms with Crippen LogP contribution < -0.4 is 4.74 Å². The van der Waals surface area contributed by atoms with Gasteiger partial charge in [-0.1, -0.05) is 11.6 Å². The average molecular weight is 340 g/mol. The second kappa shape index (κ2) is 7.68. The summed E-state index contributed by atoms with van der Waals surface area (Å²) in [6.07, 6.45) is 0.681. The third kappa shape index (κ3) is 4.38. The normalized spacial score (nSPS) is 16.8. The molecule has 1 aromatic rings. The molecule has 126 valence electrons. The van der Waals surface area contributed by atoms with Crippen molar-refractivity contribution in [2.24, 2.45) is 5.92 Å². The van der Waals surface area contributed by atoms with Gasteiger partial charge in [-0.05, 0) is 50.5 Å². The molecule has 0 bridgehead atoms. The molecule has 1 atom stereocenters. The Morgan fingerprint density at radius 1 is 1.30 bits per heavy atom. The fourth-order valence-corrected chi connectivity index (χ4v) is 2.97. The van der Waals surface area contributed by atoms with Gasteiger partial charge < -0.3 is 14.4 Å². The molecule has 0 aliphatic carbocycles. The van der Waals surface area contributed by atoms with Crippen molar-refractivity contribution >= 4 is 23.5 Å². The van der Waals surface area contributed by atoms with E-state index in [2.05, 4.69) is 0 Å². The van der Waals surface area contributed by atoms with Crippen LogP contribution in [0.15, 0.2) is 18.2 Å². The van der Waals surface area contributed by atoms with Crippen molar-refractivity contribution < 1.29 is 19.1 Å². The van der Waals surface area contributed by atoms with E-state index in [0.717, 1.165) is 5.56 Å². The van der Waals surface area contributed by atoms with Crippen LogP contribution in [-0.2, 0) is 14.3 Å². The average Bonchev–Trinajstić information content (AvgIpc) is 2.56. The number of aryl methyl sites for hydroxylation is 1. The lowest BCUT2D eigenvalue weighted by Crippen LogP contribution is -2.45. The predicted octanol–water partition coefficient (Wildman–Crippen LogP) is 2.83. The van der Waals surface area contributed by atoms with Crippen LogP contribution >= 0.6 is 11.6 Å². The molecule has 5 nitrogen and oxygen atoms in total. The maximum Gasteiger partial charge on any atom is 0.308 e. The molecule has 1 aromatic carbocycles. The van der Waals surface area contributed by atoms with Crippen molar-refractivity contribution in [1.82, 2.24) is 4.90 Å². The number of carbonyl (C=O) groups is 2. The summed E-state index contributed by atoms with van der Waals surface area (Å²) in [5, 5.41) is 0.638. The molecule has 1 amide bonds. The van der Waals surface area contributed by atoms with Crippen LogP contribution in [0.4, 0.5) is 0 Å². The van der Waals surface area contributed by atoms with Crippen molar-refractivity contribution in [1.29, 1.82) is 0 Å². The second-order valence-electron chi connectivity index (χ2n) is 5.79. The SMILES string of the molecule is COC(=O)C1CCN(C(=O)C(C)Oc2ccc(Cl)cc2C)CC1. The number of nitrogens with zero attached hydrogens (tertiary/aromatic N) is 1. The summed E-state index contributed by atoms with van der Waals surface area (Å²) in [6.45, 7) is 4.72. The maximum absolute atomic E-state index is 12.5. The Balaban J connectivity index is 1.92. The molecule has 0 radical (unpaired) electrons. The first-order valence-corrected chi connectivity index (χ1v) is 8.09. The number of methoxy groups -OCH3 is 1. The molecule has 6 heteroatoms. The van der Waals surface area contributed by atoms with Gasteiger partial charge >= 0.3 is 5.97 Å². The highest BCUT2D eigenvalue weighted by atomic mass is 35.5. The maximum atomic E-state index is 12.5. The number of likely N-dealkylation sites (tertiary alicyclic amines) is 1. The Morgan fingerprint density at radius 2 is 1.96 bits per heavy atom. The van der Waals surface area contributed by atoms with E-state index in [9.17, 15) is 9.59 Å². The summed E-state index contributed by atoms with van der Waals surface area (Å²) < 4.78 is 10.5. The van der Waals surface area contributed by atoms with Crippen LogP contribution in [0.3, 0.4) is 0 Å². The molecule has 23 heavy (non-hydrogen) atoms. The van der Waals surface area contributed by atoms with Crippen LogP contribution in [0.25, 0.3) is 0 Å². The number of hydrogen-bond acceptors (Lipinski definition) is 4. The third-order valence-corrected chi connectivity index (χ3v) is 4.36. The monoisotopic (exact) mass is 339 g/mol. The van der Waals surface area contributed by atoms with Gasteiger partial charge in [0, 0.05) is 18.1 Å². The summed E-state index contributed by atoms with van der Waals surface area (Å²) in [5.41, 5.74) is 0.890. The van der Waals surface area contributed by atoms with Crippen LogP contribution in [0.1, 0.15) is 25.3 Å². The van der Waals surface area contributed by atoms with Crippen molar-refractivity contribution in [2.45, 2.75) is 32.8 Å². The van der Waals surface area contributed by atoms with Gasteiger partial charge in [-0.2, -0.15) is 0 Å². The Hall–Kier alpha value is -1.75. The van der Waals surface area contributed by atoms with E-state index < -0.39 is 6.10 Å². The van der Waals surface area contributed by atoms with Gasteiger partial charge in [-0.15, -0.1) is 0 Å². The van der Waals surface area contributed by atoms with Crippen LogP contribution in [0, 0.1) is 12.8 Å². The second-order valence-corrected chi connectivity index (χ2v) is 6.23. The van der Waals surface area contributed by atoms with Crippen LogP contribution in [0.2, 0.25) is 5.02 Å². The number of piperidine rings is 1. The molecule has 0 saturated carbocycles. The van der Waals surface area contributed by atoms with E-state index in [1.54, 1.807) is 30.0 Å². The van der Waals surface area contributed by atoms with Crippen molar-refractivity contribution in [3.8, 4) is 5.75 Å². The van der Waals surface area contributed by atoms with Gasteiger partial charge in [0.15, 0.2) is 6.10 Å². The fourth-order valence-electron chi connectivity index (χ4n) is 2.75. The zero-order valence-electron chi connectivity index (χ0n) is 13.7. The van der Waals surface area contributed by atoms with E-state index in [1.165, 1.54) is 7.11 Å². The first-order valence-electron chi connectivity index (χ1n) is 7.71. The zero-order chi connectivity index (χ0) is 17.0. The van der Waals surface area contributed by atoms with Gasteiger partial charge in [0.05, 0.1) is 13.0 Å². The van der Waals surface area contributed by atoms with E-state index in [1.807, 2.05) is 6.92 Å². The van der Waals surface area contributed by atoms with Crippen molar-refractivity contribution in [3.05, 3.63) is 28.8 Å². The highest BCUT2D eigenvalue weighted by molar-refractivity contribution is 6.30. The molecule has 0 spiro atoms. The topological polar surface area (TPSA) is 55.8 Å². The molecule has 1 aliphatic rings. The van der Waals surface area contributed by atoms with Gasteiger partial charge in [0.1, 0.15) is 5.75 Å². The minimum Gasteiger partial charge on any atom is -0.481 e. The van der Waals surface area contributed by atoms with Crippen LogP contribution in [0.5, 0.6) is 5.75 Å². The quantitative estimate of drug-likeness (QED) is 0.791. The molecule has 0 aromatic heterocycles. The molecular formula is C17H22ClNO4. The Bertz CT molecular complexity index is 582. The predicted molar refractivity (Wildman–Crippen MR) is 87.6 cm³/mol. The Morgan fingerprint density at radius 3 is 2.52 bits per heavy atom. The standard InChI is InChI=1S/C17H22ClNO4/c1-11-10-14(18)4-5-15(11)23-12(2)16(20)19-8-6-13(7-9-19)17(21)22-3/h4-5,10,12-13H,6-9H2,1-3H3. The molecule has 1 saturated heterocycles. The lowest BCUT2D eigenvalue weighted by molar-refractivity contribution is -0.150. The molecule has 1 heterocycles. The Labute approximate surface area is 141 Å². The minimum atomic E-state index is -0.579. The molecule has 1 unspecified atom stereocenters. The van der Waals surface area contributed by atoms with Crippen molar-refractivity contribution in [2.75, 3.05) is 20.2 Å². The van der Waals surface area contributed by atoms with Crippen molar-refractivity contribution in [3.63, 3.8) is 0 Å². The first kappa shape index (κ1) is 17.6. The number of esters is 1. The number of ether oxygens (including phenoxy) is 2. The molecular weight excluding hydrogens is 318 g/mol. The highest BCUT2D eigenvalue weighted by Crippen LogP contribution is 2.24. The lowest BCUT2D eigenvalue weighted by atomic mass is 9.97. The number of halogens is 1. The molecule has 0 N–H and O–H groups in total. The minimum absolute atomic E-state index is 0.0670. The van der Waals surface area contributed by atoms with E-state index in [-0.39, 0.29) is 17.8 Å². The number of benzene rings is 1. The molecule has 1 aliphatic heterocycles.